The van der Waals surface area contributed by atoms with Crippen LogP contribution in [0.4, 0.5) is 13.2 Å². The van der Waals surface area contributed by atoms with Crippen LogP contribution in [0.1, 0.15) is 12.6 Å². The monoisotopic (exact) mass is 268 g/mol. The van der Waals surface area contributed by atoms with Crippen molar-refractivity contribution in [3.63, 3.8) is 0 Å². The molecule has 0 unspecified atom stereocenters. The Balaban J connectivity index is 2.38. The third kappa shape index (κ3) is 3.43. The van der Waals surface area contributed by atoms with E-state index in [1.807, 2.05) is 6.92 Å². The molecule has 19 heavy (non-hydrogen) atoms. The summed E-state index contributed by atoms with van der Waals surface area (Å²) in [6, 6.07) is 5.85. The van der Waals surface area contributed by atoms with E-state index < -0.39 is 6.36 Å². The fraction of sp³-hybridized carbons (Fsp3) is 0.231. The minimum Gasteiger partial charge on any atom is -0.405 e. The summed E-state index contributed by atoms with van der Waals surface area (Å²) < 4.78 is 40.9. The van der Waals surface area contributed by atoms with Crippen molar-refractivity contribution in [3.05, 3.63) is 42.4 Å². The Morgan fingerprint density at radius 3 is 2.42 bits per heavy atom. The molecule has 0 saturated carbocycles. The molecule has 2 aromatic rings. The Labute approximate surface area is 108 Å². The van der Waals surface area contributed by atoms with Gasteiger partial charge in [0.05, 0.1) is 17.6 Å². The van der Waals surface area contributed by atoms with Gasteiger partial charge >= 0.3 is 6.36 Å². The van der Waals surface area contributed by atoms with Crippen LogP contribution in [0.15, 0.2) is 36.7 Å². The van der Waals surface area contributed by atoms with Gasteiger partial charge in [-0.1, -0.05) is 19.1 Å². The van der Waals surface area contributed by atoms with E-state index in [1.54, 1.807) is 12.3 Å². The molecule has 0 atom stereocenters. The second-order valence-electron chi connectivity index (χ2n) is 3.79. The molecule has 0 radical (unpaired) electrons. The standard InChI is InChI=1S/C13H11F3N2O/c1-2-9-7-18-11(8-17-9)10-5-3-4-6-12(10)19-13(14,15)16/h3-8H,2H2,1H3. The Hall–Kier alpha value is -2.11. The molecule has 0 aliphatic heterocycles. The van der Waals surface area contributed by atoms with Gasteiger partial charge in [-0.25, -0.2) is 0 Å². The molecule has 0 fully saturated rings. The molecule has 6 heteroatoms. The lowest BCUT2D eigenvalue weighted by Crippen LogP contribution is -2.17. The van der Waals surface area contributed by atoms with Gasteiger partial charge in [-0.3, -0.25) is 9.97 Å². The smallest absolute Gasteiger partial charge is 0.405 e. The Morgan fingerprint density at radius 2 is 1.84 bits per heavy atom. The predicted molar refractivity (Wildman–Crippen MR) is 63.5 cm³/mol. The molecule has 100 valence electrons. The summed E-state index contributed by atoms with van der Waals surface area (Å²) in [5.74, 6) is -0.284. The second kappa shape index (κ2) is 5.26. The first kappa shape index (κ1) is 13.3. The number of aryl methyl sites for hydroxylation is 1. The highest BCUT2D eigenvalue weighted by molar-refractivity contribution is 5.66. The molecule has 1 aromatic carbocycles. The number of para-hydroxylation sites is 1. The Bertz CT molecular complexity index is 553. The van der Waals surface area contributed by atoms with E-state index in [0.29, 0.717) is 12.1 Å². The summed E-state index contributed by atoms with van der Waals surface area (Å²) in [7, 11) is 0. The van der Waals surface area contributed by atoms with Crippen molar-refractivity contribution in [2.45, 2.75) is 19.7 Å². The normalized spacial score (nSPS) is 11.4. The highest BCUT2D eigenvalue weighted by atomic mass is 19.4. The van der Waals surface area contributed by atoms with Crippen LogP contribution in [0.25, 0.3) is 11.3 Å². The van der Waals surface area contributed by atoms with Crippen molar-refractivity contribution >= 4 is 0 Å². The van der Waals surface area contributed by atoms with Crippen LogP contribution in [0.5, 0.6) is 5.75 Å². The molecule has 0 N–H and O–H groups in total. The van der Waals surface area contributed by atoms with E-state index in [9.17, 15) is 13.2 Å². The van der Waals surface area contributed by atoms with Gasteiger partial charge in [0.1, 0.15) is 5.75 Å². The van der Waals surface area contributed by atoms with Crippen molar-refractivity contribution in [3.8, 4) is 17.0 Å². The zero-order chi connectivity index (χ0) is 13.9. The fourth-order valence-electron chi connectivity index (χ4n) is 1.57. The average molecular weight is 268 g/mol. The van der Waals surface area contributed by atoms with Crippen LogP contribution in [0, 0.1) is 0 Å². The van der Waals surface area contributed by atoms with E-state index in [0.717, 1.165) is 5.69 Å². The van der Waals surface area contributed by atoms with Gasteiger partial charge in [0, 0.05) is 11.8 Å². The number of nitrogens with zero attached hydrogens (tertiary/aromatic N) is 2. The minimum absolute atomic E-state index is 0.259. The van der Waals surface area contributed by atoms with Crippen LogP contribution >= 0.6 is 0 Å². The van der Waals surface area contributed by atoms with E-state index in [4.69, 9.17) is 0 Å². The molecule has 0 spiro atoms. The number of aromatic nitrogens is 2. The average Bonchev–Trinajstić information content (AvgIpc) is 2.38. The molecular formula is C13H11F3N2O. The number of benzene rings is 1. The second-order valence-corrected chi connectivity index (χ2v) is 3.79. The Morgan fingerprint density at radius 1 is 1.11 bits per heavy atom. The minimum atomic E-state index is -4.73. The summed E-state index contributed by atoms with van der Waals surface area (Å²) in [5, 5.41) is 0. The number of rotatable bonds is 3. The number of halogens is 3. The highest BCUT2D eigenvalue weighted by Gasteiger charge is 2.32. The summed E-state index contributed by atoms with van der Waals surface area (Å²) in [4.78, 5) is 8.21. The third-order valence-electron chi connectivity index (χ3n) is 2.46. The molecule has 0 aliphatic rings. The zero-order valence-electron chi connectivity index (χ0n) is 10.1. The molecule has 3 nitrogen and oxygen atoms in total. The van der Waals surface area contributed by atoms with Gasteiger partial charge in [-0.15, -0.1) is 13.2 Å². The van der Waals surface area contributed by atoms with Gasteiger partial charge in [0.25, 0.3) is 0 Å². The molecule has 0 bridgehead atoms. The van der Waals surface area contributed by atoms with Crippen molar-refractivity contribution < 1.29 is 17.9 Å². The van der Waals surface area contributed by atoms with E-state index in [-0.39, 0.29) is 11.3 Å². The quantitative estimate of drug-likeness (QED) is 0.853. The predicted octanol–water partition coefficient (Wildman–Crippen LogP) is 3.60. The van der Waals surface area contributed by atoms with Crippen LogP contribution in [-0.4, -0.2) is 16.3 Å². The molecule has 1 aromatic heterocycles. The molecule has 2 rings (SSSR count). The van der Waals surface area contributed by atoms with Crippen molar-refractivity contribution in [1.82, 2.24) is 9.97 Å². The van der Waals surface area contributed by atoms with Crippen LogP contribution in [0.3, 0.4) is 0 Å². The molecule has 0 amide bonds. The maximum Gasteiger partial charge on any atom is 0.573 e. The Kier molecular flexibility index (Phi) is 3.69. The molecule has 0 saturated heterocycles. The van der Waals surface area contributed by atoms with E-state index in [2.05, 4.69) is 14.7 Å². The maximum atomic E-state index is 12.3. The lowest BCUT2D eigenvalue weighted by Gasteiger charge is -2.12. The van der Waals surface area contributed by atoms with Gasteiger partial charge in [-0.2, -0.15) is 0 Å². The van der Waals surface area contributed by atoms with Gasteiger partial charge in [0.15, 0.2) is 0 Å². The first-order chi connectivity index (χ1) is 8.99. The first-order valence-electron chi connectivity index (χ1n) is 5.65. The summed E-state index contributed by atoms with van der Waals surface area (Å²) >= 11 is 0. The first-order valence-corrected chi connectivity index (χ1v) is 5.65. The number of ether oxygens (including phenoxy) is 1. The fourth-order valence-corrected chi connectivity index (χ4v) is 1.57. The molecular weight excluding hydrogens is 257 g/mol. The molecule has 1 heterocycles. The summed E-state index contributed by atoms with van der Waals surface area (Å²) in [5.41, 5.74) is 1.38. The highest BCUT2D eigenvalue weighted by Crippen LogP contribution is 2.32. The van der Waals surface area contributed by atoms with Gasteiger partial charge in [-0.05, 0) is 18.6 Å². The topological polar surface area (TPSA) is 35.0 Å². The summed E-state index contributed by atoms with van der Waals surface area (Å²) in [6.07, 6.45) is -1.03. The number of hydrogen-bond donors (Lipinski definition) is 0. The maximum absolute atomic E-state index is 12.3. The van der Waals surface area contributed by atoms with Gasteiger partial charge < -0.3 is 4.74 Å². The van der Waals surface area contributed by atoms with Crippen molar-refractivity contribution in [1.29, 1.82) is 0 Å². The summed E-state index contributed by atoms with van der Waals surface area (Å²) in [6.45, 7) is 1.92. The largest absolute Gasteiger partial charge is 0.573 e. The lowest BCUT2D eigenvalue weighted by atomic mass is 10.1. The van der Waals surface area contributed by atoms with Crippen molar-refractivity contribution in [2.75, 3.05) is 0 Å². The van der Waals surface area contributed by atoms with E-state index in [1.165, 1.54) is 24.4 Å². The number of alkyl halides is 3. The van der Waals surface area contributed by atoms with Crippen LogP contribution in [0.2, 0.25) is 0 Å². The molecule has 0 aliphatic carbocycles. The number of hydrogen-bond acceptors (Lipinski definition) is 3. The van der Waals surface area contributed by atoms with Crippen molar-refractivity contribution in [2.24, 2.45) is 0 Å². The SMILES string of the molecule is CCc1cnc(-c2ccccc2OC(F)(F)F)cn1. The van der Waals surface area contributed by atoms with E-state index >= 15 is 0 Å². The lowest BCUT2D eigenvalue weighted by molar-refractivity contribution is -0.274. The third-order valence-corrected chi connectivity index (χ3v) is 2.46. The van der Waals surface area contributed by atoms with Gasteiger partial charge in [0.2, 0.25) is 0 Å². The van der Waals surface area contributed by atoms with Crippen LogP contribution < -0.4 is 4.74 Å². The van der Waals surface area contributed by atoms with Crippen LogP contribution in [-0.2, 0) is 6.42 Å². The zero-order valence-corrected chi connectivity index (χ0v) is 10.1.